The lowest BCUT2D eigenvalue weighted by Gasteiger charge is -2.30. The van der Waals surface area contributed by atoms with Gasteiger partial charge >= 0.3 is 0 Å². The molecule has 0 spiro atoms. The summed E-state index contributed by atoms with van der Waals surface area (Å²) >= 11 is 0. The van der Waals surface area contributed by atoms with E-state index in [1.54, 1.807) is 0 Å². The molecule has 6 nitrogen and oxygen atoms in total. The van der Waals surface area contributed by atoms with Crippen molar-refractivity contribution in [3.63, 3.8) is 0 Å². The van der Waals surface area contributed by atoms with Gasteiger partial charge in [0.15, 0.2) is 5.54 Å². The SMILES string of the molecule is CCCCCCOc1ccc(CCCC(O)C(C#N)(CO)NC(C)=O)cc1. The van der Waals surface area contributed by atoms with Crippen molar-refractivity contribution in [3.8, 4) is 11.8 Å². The number of nitrogens with one attached hydrogen (secondary N) is 1. The van der Waals surface area contributed by atoms with Crippen LogP contribution in [0, 0.1) is 11.3 Å². The van der Waals surface area contributed by atoms with E-state index >= 15 is 0 Å². The van der Waals surface area contributed by atoms with Gasteiger partial charge in [-0.15, -0.1) is 0 Å². The molecule has 6 heteroatoms. The van der Waals surface area contributed by atoms with Crippen molar-refractivity contribution in [3.05, 3.63) is 29.8 Å². The van der Waals surface area contributed by atoms with Crippen molar-refractivity contribution in [2.45, 2.75) is 70.4 Å². The number of aliphatic hydroxyl groups excluding tert-OH is 2. The van der Waals surface area contributed by atoms with Crippen molar-refractivity contribution in [2.24, 2.45) is 0 Å². The number of amides is 1. The average molecular weight is 376 g/mol. The summed E-state index contributed by atoms with van der Waals surface area (Å²) in [6.07, 6.45) is 5.20. The molecule has 1 amide bonds. The normalized spacial score (nSPS) is 14.0. The van der Waals surface area contributed by atoms with E-state index in [2.05, 4.69) is 12.2 Å². The Morgan fingerprint density at radius 3 is 2.52 bits per heavy atom. The molecule has 3 N–H and O–H groups in total. The third-order valence-corrected chi connectivity index (χ3v) is 4.55. The molecule has 1 aromatic carbocycles. The van der Waals surface area contributed by atoms with E-state index < -0.39 is 24.2 Å². The maximum atomic E-state index is 11.2. The number of benzene rings is 1. The lowest BCUT2D eigenvalue weighted by Crippen LogP contribution is -2.58. The molecular weight excluding hydrogens is 344 g/mol. The van der Waals surface area contributed by atoms with E-state index in [-0.39, 0.29) is 0 Å². The maximum absolute atomic E-state index is 11.2. The lowest BCUT2D eigenvalue weighted by molar-refractivity contribution is -0.122. The number of aliphatic hydroxyl groups is 2. The van der Waals surface area contributed by atoms with Crippen LogP contribution in [0.3, 0.4) is 0 Å². The molecule has 0 aromatic heterocycles. The largest absolute Gasteiger partial charge is 0.494 e. The quantitative estimate of drug-likeness (QED) is 0.459. The van der Waals surface area contributed by atoms with Gasteiger partial charge in [-0.2, -0.15) is 5.26 Å². The van der Waals surface area contributed by atoms with Crippen LogP contribution in [0.15, 0.2) is 24.3 Å². The molecule has 0 radical (unpaired) electrons. The molecule has 2 unspecified atom stereocenters. The summed E-state index contributed by atoms with van der Waals surface area (Å²) in [5.74, 6) is 0.389. The molecule has 0 aliphatic carbocycles. The van der Waals surface area contributed by atoms with Crippen LogP contribution in [-0.4, -0.2) is 41.0 Å². The molecule has 27 heavy (non-hydrogen) atoms. The zero-order valence-electron chi connectivity index (χ0n) is 16.4. The summed E-state index contributed by atoms with van der Waals surface area (Å²) in [4.78, 5) is 11.2. The Bertz CT molecular complexity index is 597. The second-order valence-electron chi connectivity index (χ2n) is 6.88. The first-order valence-electron chi connectivity index (χ1n) is 9.68. The fourth-order valence-electron chi connectivity index (χ4n) is 2.90. The Morgan fingerprint density at radius 2 is 1.96 bits per heavy atom. The third kappa shape index (κ3) is 7.98. The smallest absolute Gasteiger partial charge is 0.218 e. The molecule has 1 rings (SSSR count). The number of ether oxygens (including phenoxy) is 1. The number of carbonyl (C=O) groups excluding carboxylic acids is 1. The molecule has 1 aromatic rings. The minimum Gasteiger partial charge on any atom is -0.494 e. The van der Waals surface area contributed by atoms with Crippen LogP contribution in [-0.2, 0) is 11.2 Å². The van der Waals surface area contributed by atoms with E-state index in [1.807, 2.05) is 30.3 Å². The first-order chi connectivity index (χ1) is 13.0. The van der Waals surface area contributed by atoms with Crippen LogP contribution in [0.5, 0.6) is 5.75 Å². The van der Waals surface area contributed by atoms with Gasteiger partial charge in [-0.1, -0.05) is 38.3 Å². The zero-order valence-corrected chi connectivity index (χ0v) is 16.4. The van der Waals surface area contributed by atoms with E-state index in [0.29, 0.717) is 12.8 Å². The fraction of sp³-hybridized carbons (Fsp3) is 0.619. The van der Waals surface area contributed by atoms with Crippen LogP contribution in [0.2, 0.25) is 0 Å². The summed E-state index contributed by atoms with van der Waals surface area (Å²) < 4.78 is 5.72. The zero-order chi connectivity index (χ0) is 20.1. The summed E-state index contributed by atoms with van der Waals surface area (Å²) in [6.45, 7) is 3.53. The second kappa shape index (κ2) is 12.3. The minimum absolute atomic E-state index is 0.296. The van der Waals surface area contributed by atoms with Gasteiger partial charge in [0.2, 0.25) is 5.91 Å². The Labute approximate surface area is 162 Å². The van der Waals surface area contributed by atoms with Crippen molar-refractivity contribution in [2.75, 3.05) is 13.2 Å². The summed E-state index contributed by atoms with van der Waals surface area (Å²) in [5.41, 5.74) is -0.548. The molecule has 2 atom stereocenters. The van der Waals surface area contributed by atoms with Gasteiger partial charge in [-0.25, -0.2) is 0 Å². The summed E-state index contributed by atoms with van der Waals surface area (Å²) in [5, 5.41) is 31.3. The van der Waals surface area contributed by atoms with Crippen LogP contribution < -0.4 is 10.1 Å². The molecule has 0 saturated heterocycles. The first kappa shape index (κ1) is 22.9. The molecular formula is C21H32N2O4. The van der Waals surface area contributed by atoms with Gasteiger partial charge in [-0.05, 0) is 43.4 Å². The summed E-state index contributed by atoms with van der Waals surface area (Å²) in [7, 11) is 0. The van der Waals surface area contributed by atoms with E-state index in [1.165, 1.54) is 26.2 Å². The first-order valence-corrected chi connectivity index (χ1v) is 9.68. The number of nitrogens with zero attached hydrogens (tertiary/aromatic N) is 1. The summed E-state index contributed by atoms with van der Waals surface area (Å²) in [6, 6.07) is 9.70. The highest BCUT2D eigenvalue weighted by molar-refractivity contribution is 5.74. The van der Waals surface area contributed by atoms with Gasteiger partial charge in [0.1, 0.15) is 5.75 Å². The number of hydrogen-bond acceptors (Lipinski definition) is 5. The van der Waals surface area contributed by atoms with Crippen molar-refractivity contribution in [1.29, 1.82) is 5.26 Å². The number of aryl methyl sites for hydroxylation is 1. The molecule has 150 valence electrons. The van der Waals surface area contributed by atoms with Crippen molar-refractivity contribution in [1.82, 2.24) is 5.32 Å². The second-order valence-corrected chi connectivity index (χ2v) is 6.88. The standard InChI is InChI=1S/C21H32N2O4/c1-3-4-5-6-14-27-19-12-10-18(11-13-19)8-7-9-20(26)21(15-22,16-24)23-17(2)25/h10-13,20,24,26H,3-9,14,16H2,1-2H3,(H,23,25). The highest BCUT2D eigenvalue weighted by Crippen LogP contribution is 2.18. The van der Waals surface area contributed by atoms with E-state index in [9.17, 15) is 20.3 Å². The Kier molecular flexibility index (Phi) is 10.5. The van der Waals surface area contributed by atoms with Gasteiger partial charge in [-0.3, -0.25) is 4.79 Å². The minimum atomic E-state index is -1.65. The number of rotatable bonds is 13. The predicted molar refractivity (Wildman–Crippen MR) is 104 cm³/mol. The molecule has 0 saturated carbocycles. The highest BCUT2D eigenvalue weighted by Gasteiger charge is 2.38. The molecule has 0 heterocycles. The number of hydrogen-bond donors (Lipinski definition) is 3. The third-order valence-electron chi connectivity index (χ3n) is 4.55. The van der Waals surface area contributed by atoms with Gasteiger partial charge in [0.05, 0.1) is 25.4 Å². The van der Waals surface area contributed by atoms with E-state index in [4.69, 9.17) is 4.74 Å². The van der Waals surface area contributed by atoms with Crippen LogP contribution in [0.1, 0.15) is 57.9 Å². The molecule has 0 fully saturated rings. The lowest BCUT2D eigenvalue weighted by atomic mass is 9.90. The van der Waals surface area contributed by atoms with Gasteiger partial charge in [0, 0.05) is 6.92 Å². The molecule has 0 bridgehead atoms. The molecule has 0 aliphatic heterocycles. The molecule has 0 aliphatic rings. The predicted octanol–water partition coefficient (Wildman–Crippen LogP) is 2.72. The van der Waals surface area contributed by atoms with Crippen molar-refractivity contribution >= 4 is 5.91 Å². The van der Waals surface area contributed by atoms with Crippen molar-refractivity contribution < 1.29 is 19.7 Å². The van der Waals surface area contributed by atoms with Crippen LogP contribution >= 0.6 is 0 Å². The Hall–Kier alpha value is -2.10. The topological polar surface area (TPSA) is 103 Å². The average Bonchev–Trinajstić information content (AvgIpc) is 2.67. The number of carbonyl (C=O) groups is 1. The van der Waals surface area contributed by atoms with Gasteiger partial charge < -0.3 is 20.3 Å². The van der Waals surface area contributed by atoms with Crippen LogP contribution in [0.4, 0.5) is 0 Å². The maximum Gasteiger partial charge on any atom is 0.218 e. The monoisotopic (exact) mass is 376 g/mol. The number of unbranched alkanes of at least 4 members (excludes halogenated alkanes) is 3. The van der Waals surface area contributed by atoms with Crippen LogP contribution in [0.25, 0.3) is 0 Å². The van der Waals surface area contributed by atoms with E-state index in [0.717, 1.165) is 30.8 Å². The number of nitriles is 1. The fourth-order valence-corrected chi connectivity index (χ4v) is 2.90. The Morgan fingerprint density at radius 1 is 1.26 bits per heavy atom. The Balaban J connectivity index is 2.42. The van der Waals surface area contributed by atoms with Gasteiger partial charge in [0.25, 0.3) is 0 Å². The highest BCUT2D eigenvalue weighted by atomic mass is 16.5.